The van der Waals surface area contributed by atoms with E-state index in [0.717, 1.165) is 25.7 Å². The fourth-order valence-corrected chi connectivity index (χ4v) is 2.70. The van der Waals surface area contributed by atoms with Crippen molar-refractivity contribution in [3.63, 3.8) is 0 Å². The zero-order valence-electron chi connectivity index (χ0n) is 11.2. The molecule has 1 aliphatic carbocycles. The normalized spacial score (nSPS) is 23.1. The summed E-state index contributed by atoms with van der Waals surface area (Å²) in [7, 11) is 1.72. The van der Waals surface area contributed by atoms with Crippen LogP contribution in [0.4, 0.5) is 11.4 Å². The minimum absolute atomic E-state index is 0.121. The molecule has 0 aliphatic heterocycles. The first-order chi connectivity index (χ1) is 8.99. The quantitative estimate of drug-likeness (QED) is 0.700. The van der Waals surface area contributed by atoms with Crippen molar-refractivity contribution in [2.24, 2.45) is 0 Å². The van der Waals surface area contributed by atoms with Gasteiger partial charge in [0, 0.05) is 24.0 Å². The fourth-order valence-electron chi connectivity index (χ4n) is 2.70. The van der Waals surface area contributed by atoms with Gasteiger partial charge in [-0.3, -0.25) is 4.79 Å². The van der Waals surface area contributed by atoms with Crippen molar-refractivity contribution in [2.45, 2.75) is 37.8 Å². The Bertz CT molecular complexity index is 456. The molecule has 5 heteroatoms. The number of nitrogens with two attached hydrogens (primary N) is 2. The van der Waals surface area contributed by atoms with Gasteiger partial charge in [-0.25, -0.2) is 0 Å². The number of hydrogen-bond donors (Lipinski definition) is 3. The van der Waals surface area contributed by atoms with Gasteiger partial charge in [-0.1, -0.05) is 12.8 Å². The molecule has 0 bridgehead atoms. The zero-order valence-corrected chi connectivity index (χ0v) is 11.2. The van der Waals surface area contributed by atoms with Crippen molar-refractivity contribution in [3.8, 4) is 0 Å². The second-order valence-electron chi connectivity index (χ2n) is 5.22. The average Bonchev–Trinajstić information content (AvgIpc) is 2.36. The average molecular weight is 263 g/mol. The molecule has 0 radical (unpaired) electrons. The summed E-state index contributed by atoms with van der Waals surface area (Å²) in [5.74, 6) is -0.148. The number of carbonyl (C=O) groups is 1. The van der Waals surface area contributed by atoms with Crippen molar-refractivity contribution in [1.82, 2.24) is 4.90 Å². The lowest BCUT2D eigenvalue weighted by Gasteiger charge is -2.35. The Hall–Kier alpha value is -1.75. The van der Waals surface area contributed by atoms with E-state index in [0.29, 0.717) is 16.9 Å². The summed E-state index contributed by atoms with van der Waals surface area (Å²) in [5.41, 5.74) is 12.8. The third kappa shape index (κ3) is 2.98. The Morgan fingerprint density at radius 1 is 1.21 bits per heavy atom. The largest absolute Gasteiger partial charge is 0.399 e. The van der Waals surface area contributed by atoms with Gasteiger partial charge in [-0.05, 0) is 31.0 Å². The third-order valence-corrected chi connectivity index (χ3v) is 3.74. The molecular formula is C14H21N3O2. The van der Waals surface area contributed by atoms with E-state index in [1.165, 1.54) is 0 Å². The molecule has 1 fully saturated rings. The minimum Gasteiger partial charge on any atom is -0.399 e. The number of nitrogens with zero attached hydrogens (tertiary/aromatic N) is 1. The molecule has 2 rings (SSSR count). The van der Waals surface area contributed by atoms with E-state index >= 15 is 0 Å². The molecule has 1 aromatic rings. The highest BCUT2D eigenvalue weighted by Crippen LogP contribution is 2.24. The molecule has 1 amide bonds. The van der Waals surface area contributed by atoms with Crippen LogP contribution < -0.4 is 11.5 Å². The van der Waals surface area contributed by atoms with Crippen LogP contribution in [0.5, 0.6) is 0 Å². The van der Waals surface area contributed by atoms with Gasteiger partial charge in [0.25, 0.3) is 5.91 Å². The fraction of sp³-hybridized carbons (Fsp3) is 0.500. The Kier molecular flexibility index (Phi) is 3.95. The van der Waals surface area contributed by atoms with E-state index in [1.807, 2.05) is 0 Å². The van der Waals surface area contributed by atoms with Crippen LogP contribution in [0.3, 0.4) is 0 Å². The molecule has 5 N–H and O–H groups in total. The van der Waals surface area contributed by atoms with Crippen LogP contribution in [0.15, 0.2) is 18.2 Å². The first-order valence-corrected chi connectivity index (χ1v) is 6.60. The smallest absolute Gasteiger partial charge is 0.254 e. The number of benzene rings is 1. The number of rotatable bonds is 2. The SMILES string of the molecule is CN(C(=O)c1cc(N)cc(N)c1)C1CCCCC1O. The van der Waals surface area contributed by atoms with Gasteiger partial charge in [-0.15, -0.1) is 0 Å². The summed E-state index contributed by atoms with van der Waals surface area (Å²) in [5, 5.41) is 10.0. The molecule has 0 heterocycles. The van der Waals surface area contributed by atoms with Crippen LogP contribution in [0.25, 0.3) is 0 Å². The molecule has 1 aliphatic rings. The van der Waals surface area contributed by atoms with Crippen LogP contribution in [-0.2, 0) is 0 Å². The van der Waals surface area contributed by atoms with Crippen LogP contribution in [0.1, 0.15) is 36.0 Å². The summed E-state index contributed by atoms with van der Waals surface area (Å²) >= 11 is 0. The van der Waals surface area contributed by atoms with Crippen LogP contribution >= 0.6 is 0 Å². The molecule has 2 unspecified atom stereocenters. The van der Waals surface area contributed by atoms with Gasteiger partial charge in [0.15, 0.2) is 0 Å². The third-order valence-electron chi connectivity index (χ3n) is 3.74. The summed E-state index contributed by atoms with van der Waals surface area (Å²) in [6.07, 6.45) is 3.20. The van der Waals surface area contributed by atoms with Gasteiger partial charge in [0.2, 0.25) is 0 Å². The van der Waals surface area contributed by atoms with Crippen LogP contribution in [-0.4, -0.2) is 35.1 Å². The summed E-state index contributed by atoms with van der Waals surface area (Å²) in [6, 6.07) is 4.73. The van der Waals surface area contributed by atoms with Crippen molar-refractivity contribution in [3.05, 3.63) is 23.8 Å². The van der Waals surface area contributed by atoms with Gasteiger partial charge < -0.3 is 21.5 Å². The minimum atomic E-state index is -0.443. The first kappa shape index (κ1) is 13.7. The van der Waals surface area contributed by atoms with Gasteiger partial charge in [0.05, 0.1) is 12.1 Å². The van der Waals surface area contributed by atoms with Crippen molar-refractivity contribution in [2.75, 3.05) is 18.5 Å². The molecule has 0 spiro atoms. The van der Waals surface area contributed by atoms with Gasteiger partial charge in [-0.2, -0.15) is 0 Å². The Balaban J connectivity index is 2.18. The maximum atomic E-state index is 12.4. The molecule has 0 saturated heterocycles. The Morgan fingerprint density at radius 3 is 2.37 bits per heavy atom. The summed E-state index contributed by atoms with van der Waals surface area (Å²) < 4.78 is 0. The number of aliphatic hydroxyl groups is 1. The van der Waals surface area contributed by atoms with Crippen molar-refractivity contribution >= 4 is 17.3 Å². The van der Waals surface area contributed by atoms with Crippen LogP contribution in [0, 0.1) is 0 Å². The van der Waals surface area contributed by atoms with E-state index < -0.39 is 6.10 Å². The molecule has 5 nitrogen and oxygen atoms in total. The molecule has 104 valence electrons. The topological polar surface area (TPSA) is 92.6 Å². The van der Waals surface area contributed by atoms with Crippen molar-refractivity contribution < 1.29 is 9.90 Å². The van der Waals surface area contributed by atoms with E-state index in [9.17, 15) is 9.90 Å². The predicted molar refractivity (Wildman–Crippen MR) is 75.6 cm³/mol. The second-order valence-corrected chi connectivity index (χ2v) is 5.22. The molecule has 0 aromatic heterocycles. The highest BCUT2D eigenvalue weighted by atomic mass is 16.3. The summed E-state index contributed by atoms with van der Waals surface area (Å²) in [4.78, 5) is 14.0. The summed E-state index contributed by atoms with van der Waals surface area (Å²) in [6.45, 7) is 0. The molecule has 1 aromatic carbocycles. The molecular weight excluding hydrogens is 242 g/mol. The number of likely N-dealkylation sites (N-methyl/N-ethyl adjacent to an activating group) is 1. The lowest BCUT2D eigenvalue weighted by atomic mass is 9.91. The standard InChI is InChI=1S/C14H21N3O2/c1-17(12-4-2-3-5-13(12)18)14(19)9-6-10(15)8-11(16)7-9/h6-8,12-13,18H,2-5,15-16H2,1H3. The highest BCUT2D eigenvalue weighted by Gasteiger charge is 2.29. The van der Waals surface area contributed by atoms with Crippen molar-refractivity contribution in [1.29, 1.82) is 0 Å². The Morgan fingerprint density at radius 2 is 1.79 bits per heavy atom. The number of carbonyl (C=O) groups excluding carboxylic acids is 1. The maximum Gasteiger partial charge on any atom is 0.254 e. The Labute approximate surface area is 113 Å². The maximum absolute atomic E-state index is 12.4. The zero-order chi connectivity index (χ0) is 14.0. The van der Waals surface area contributed by atoms with E-state index in [4.69, 9.17) is 11.5 Å². The monoisotopic (exact) mass is 263 g/mol. The highest BCUT2D eigenvalue weighted by molar-refractivity contribution is 5.96. The van der Waals surface area contributed by atoms with E-state index in [1.54, 1.807) is 30.1 Å². The number of nitrogen functional groups attached to an aromatic ring is 2. The lowest BCUT2D eigenvalue weighted by molar-refractivity contribution is 0.0268. The predicted octanol–water partition coefficient (Wildman–Crippen LogP) is 1.23. The van der Waals surface area contributed by atoms with Gasteiger partial charge >= 0.3 is 0 Å². The van der Waals surface area contributed by atoms with Crippen LogP contribution in [0.2, 0.25) is 0 Å². The van der Waals surface area contributed by atoms with Gasteiger partial charge in [0.1, 0.15) is 0 Å². The number of amides is 1. The molecule has 1 saturated carbocycles. The van der Waals surface area contributed by atoms with E-state index in [2.05, 4.69) is 0 Å². The lowest BCUT2D eigenvalue weighted by Crippen LogP contribution is -2.46. The molecule has 19 heavy (non-hydrogen) atoms. The number of hydrogen-bond acceptors (Lipinski definition) is 4. The second kappa shape index (κ2) is 5.48. The van der Waals surface area contributed by atoms with E-state index in [-0.39, 0.29) is 11.9 Å². The first-order valence-electron chi connectivity index (χ1n) is 6.60. The molecule has 2 atom stereocenters. The number of aliphatic hydroxyl groups excluding tert-OH is 1. The number of anilines is 2.